The first-order chi connectivity index (χ1) is 14.8. The molecule has 31 heavy (non-hydrogen) atoms. The van der Waals surface area contributed by atoms with E-state index < -0.39 is 15.8 Å². The maximum atomic E-state index is 12.3. The van der Waals surface area contributed by atoms with Crippen LogP contribution in [0.1, 0.15) is 16.1 Å². The predicted octanol–water partition coefficient (Wildman–Crippen LogP) is 4.30. The Kier molecular flexibility index (Phi) is 6.40. The molecule has 0 spiro atoms. The van der Waals surface area contributed by atoms with Crippen LogP contribution in [0.25, 0.3) is 11.3 Å². The Morgan fingerprint density at radius 3 is 2.42 bits per heavy atom. The summed E-state index contributed by atoms with van der Waals surface area (Å²) in [5, 5.41) is 25.6. The number of carbonyl (C=O) groups is 1. The number of halogens is 1. The van der Waals surface area contributed by atoms with Crippen molar-refractivity contribution in [3.63, 3.8) is 0 Å². The minimum atomic E-state index is -0.707. The molecule has 0 fully saturated rings. The zero-order valence-corrected chi connectivity index (χ0v) is 17.4. The lowest BCUT2D eigenvalue weighted by molar-refractivity contribution is -0.385. The van der Waals surface area contributed by atoms with Gasteiger partial charge in [0.25, 0.3) is 17.3 Å². The lowest BCUT2D eigenvalue weighted by Gasteiger charge is -2.06. The van der Waals surface area contributed by atoms with E-state index in [1.807, 2.05) is 0 Å². The van der Waals surface area contributed by atoms with Crippen LogP contribution in [-0.2, 0) is 0 Å². The van der Waals surface area contributed by atoms with Crippen LogP contribution in [0, 0.1) is 20.2 Å². The number of hydrogen-bond acceptors (Lipinski definition) is 8. The van der Waals surface area contributed by atoms with Gasteiger partial charge in [-0.05, 0) is 40.2 Å². The fraction of sp³-hybridized carbons (Fsp3) is 0.0526. The summed E-state index contributed by atoms with van der Waals surface area (Å²) in [7, 11) is 1.34. The van der Waals surface area contributed by atoms with E-state index in [-0.39, 0.29) is 22.7 Å². The second-order valence-electron chi connectivity index (χ2n) is 5.96. The smallest absolute Gasteiger partial charge is 0.275 e. The Hall–Kier alpha value is -4.06. The summed E-state index contributed by atoms with van der Waals surface area (Å²) in [5.41, 5.74) is 2.46. The molecule has 1 heterocycles. The van der Waals surface area contributed by atoms with Gasteiger partial charge in [0.2, 0.25) is 0 Å². The third-order valence-electron chi connectivity index (χ3n) is 4.05. The maximum Gasteiger partial charge on any atom is 0.275 e. The van der Waals surface area contributed by atoms with Crippen molar-refractivity contribution in [3.8, 4) is 17.1 Å². The van der Waals surface area contributed by atoms with E-state index in [2.05, 4.69) is 26.5 Å². The Labute approximate surface area is 182 Å². The van der Waals surface area contributed by atoms with Gasteiger partial charge in [0, 0.05) is 34.3 Å². The fourth-order valence-electron chi connectivity index (χ4n) is 2.59. The van der Waals surface area contributed by atoms with Gasteiger partial charge in [0.05, 0.1) is 28.7 Å². The zero-order chi connectivity index (χ0) is 22.5. The van der Waals surface area contributed by atoms with Crippen molar-refractivity contribution >= 4 is 39.4 Å². The van der Waals surface area contributed by atoms with Gasteiger partial charge in [0.15, 0.2) is 0 Å². The van der Waals surface area contributed by atoms with Crippen LogP contribution in [0.15, 0.2) is 62.5 Å². The molecule has 158 valence electrons. The first-order valence-corrected chi connectivity index (χ1v) is 9.29. The van der Waals surface area contributed by atoms with Gasteiger partial charge in [-0.1, -0.05) is 0 Å². The second kappa shape index (κ2) is 9.17. The molecule has 0 unspecified atom stereocenters. The molecule has 11 nitrogen and oxygen atoms in total. The average Bonchev–Trinajstić information content (AvgIpc) is 3.21. The first-order valence-electron chi connectivity index (χ1n) is 8.50. The Balaban J connectivity index is 1.74. The SMILES string of the molecule is COc1ccc([N+](=O)[O-])cc1C(=O)N/N=C\c1ccc(-c2ccc([N+](=O)[O-])cc2Br)o1. The number of amides is 1. The second-order valence-corrected chi connectivity index (χ2v) is 6.82. The lowest BCUT2D eigenvalue weighted by Crippen LogP contribution is -2.18. The number of ether oxygens (including phenoxy) is 1. The van der Waals surface area contributed by atoms with Gasteiger partial charge in [-0.25, -0.2) is 5.43 Å². The zero-order valence-electron chi connectivity index (χ0n) is 15.8. The van der Waals surface area contributed by atoms with Crippen molar-refractivity contribution in [3.05, 3.63) is 84.6 Å². The molecule has 0 aliphatic carbocycles. The van der Waals surface area contributed by atoms with Gasteiger partial charge < -0.3 is 9.15 Å². The number of nitro groups is 2. The highest BCUT2D eigenvalue weighted by molar-refractivity contribution is 9.10. The number of non-ortho nitro benzene ring substituents is 2. The molecule has 1 N–H and O–H groups in total. The lowest BCUT2D eigenvalue weighted by atomic mass is 10.1. The van der Waals surface area contributed by atoms with Gasteiger partial charge in [-0.3, -0.25) is 25.0 Å². The summed E-state index contributed by atoms with van der Waals surface area (Å²) in [5.74, 6) is 0.171. The molecule has 1 amide bonds. The number of furan rings is 1. The van der Waals surface area contributed by atoms with Crippen molar-refractivity contribution in [1.29, 1.82) is 0 Å². The quantitative estimate of drug-likeness (QED) is 0.295. The standard InChI is InChI=1S/C19H13BrN4O7/c1-30-17-6-3-11(23(26)27)8-15(17)19(25)22-21-10-13-4-7-18(31-13)14-5-2-12(24(28)29)9-16(14)20/h2-10H,1H3,(H,22,25)/b21-10-. The van der Waals surface area contributed by atoms with Gasteiger partial charge in [-0.15, -0.1) is 0 Å². The molecule has 0 saturated carbocycles. The van der Waals surface area contributed by atoms with Crippen molar-refractivity contribution in [2.24, 2.45) is 5.10 Å². The predicted molar refractivity (Wildman–Crippen MR) is 113 cm³/mol. The van der Waals surface area contributed by atoms with Crippen molar-refractivity contribution in [1.82, 2.24) is 5.43 Å². The Morgan fingerprint density at radius 2 is 1.77 bits per heavy atom. The van der Waals surface area contributed by atoms with E-state index in [1.54, 1.807) is 18.2 Å². The molecule has 0 aliphatic rings. The van der Waals surface area contributed by atoms with Crippen LogP contribution >= 0.6 is 15.9 Å². The van der Waals surface area contributed by atoms with Crippen LogP contribution in [-0.4, -0.2) is 29.1 Å². The number of hydrazone groups is 1. The summed E-state index contributed by atoms with van der Waals surface area (Å²) < 4.78 is 11.1. The highest BCUT2D eigenvalue weighted by Gasteiger charge is 2.17. The molecule has 0 radical (unpaired) electrons. The highest BCUT2D eigenvalue weighted by Crippen LogP contribution is 2.32. The van der Waals surface area contributed by atoms with E-state index in [0.717, 1.165) is 6.07 Å². The summed E-state index contributed by atoms with van der Waals surface area (Å²) in [6.45, 7) is 0. The fourth-order valence-corrected chi connectivity index (χ4v) is 3.15. The van der Waals surface area contributed by atoms with E-state index in [4.69, 9.17) is 9.15 Å². The molecule has 1 aromatic heterocycles. The molecular formula is C19H13BrN4O7. The molecule has 0 bridgehead atoms. The highest BCUT2D eigenvalue weighted by atomic mass is 79.9. The normalized spacial score (nSPS) is 10.8. The number of hydrogen-bond donors (Lipinski definition) is 1. The van der Waals surface area contributed by atoms with Crippen LogP contribution in [0.4, 0.5) is 11.4 Å². The summed E-state index contributed by atoms with van der Waals surface area (Å²) >= 11 is 3.27. The summed E-state index contributed by atoms with van der Waals surface area (Å²) in [6, 6.07) is 11.1. The topological polar surface area (TPSA) is 150 Å². The van der Waals surface area contributed by atoms with Crippen LogP contribution in [0.2, 0.25) is 0 Å². The number of nitro benzene ring substituents is 2. The average molecular weight is 489 g/mol. The van der Waals surface area contributed by atoms with E-state index in [1.165, 1.54) is 37.6 Å². The number of carbonyl (C=O) groups excluding carboxylic acids is 1. The Bertz CT molecular complexity index is 1210. The summed E-state index contributed by atoms with van der Waals surface area (Å²) in [6.07, 6.45) is 1.24. The molecule has 0 saturated heterocycles. The maximum absolute atomic E-state index is 12.3. The van der Waals surface area contributed by atoms with Crippen molar-refractivity contribution in [2.75, 3.05) is 7.11 Å². The van der Waals surface area contributed by atoms with Crippen molar-refractivity contribution in [2.45, 2.75) is 0 Å². The van der Waals surface area contributed by atoms with E-state index in [0.29, 0.717) is 21.6 Å². The molecule has 0 aliphatic heterocycles. The monoisotopic (exact) mass is 488 g/mol. The van der Waals surface area contributed by atoms with Crippen LogP contribution in [0.5, 0.6) is 5.75 Å². The van der Waals surface area contributed by atoms with Gasteiger partial charge >= 0.3 is 0 Å². The Morgan fingerprint density at radius 1 is 1.10 bits per heavy atom. The molecule has 12 heteroatoms. The number of nitrogens with zero attached hydrogens (tertiary/aromatic N) is 3. The number of benzene rings is 2. The number of nitrogens with one attached hydrogen (secondary N) is 1. The first kappa shape index (κ1) is 21.6. The van der Waals surface area contributed by atoms with Crippen molar-refractivity contribution < 1.29 is 23.8 Å². The number of methoxy groups -OCH3 is 1. The third-order valence-corrected chi connectivity index (χ3v) is 4.71. The van der Waals surface area contributed by atoms with Gasteiger partial charge in [-0.2, -0.15) is 5.10 Å². The van der Waals surface area contributed by atoms with Gasteiger partial charge in [0.1, 0.15) is 17.3 Å². The molecular weight excluding hydrogens is 476 g/mol. The van der Waals surface area contributed by atoms with Crippen LogP contribution in [0.3, 0.4) is 0 Å². The molecule has 3 rings (SSSR count). The van der Waals surface area contributed by atoms with Crippen LogP contribution < -0.4 is 10.2 Å². The van der Waals surface area contributed by atoms with E-state index in [9.17, 15) is 25.0 Å². The minimum absolute atomic E-state index is 0.0520. The molecule has 3 aromatic rings. The molecule has 2 aromatic carbocycles. The largest absolute Gasteiger partial charge is 0.496 e. The summed E-state index contributed by atoms with van der Waals surface area (Å²) in [4.78, 5) is 33.0. The van der Waals surface area contributed by atoms with E-state index >= 15 is 0 Å². The minimum Gasteiger partial charge on any atom is -0.496 e. The number of rotatable bonds is 7. The third kappa shape index (κ3) is 4.93. The molecule has 0 atom stereocenters.